The van der Waals surface area contributed by atoms with Gasteiger partial charge in [0.2, 0.25) is 0 Å². The van der Waals surface area contributed by atoms with Crippen LogP contribution in [0.25, 0.3) is 0 Å². The Morgan fingerprint density at radius 3 is 2.65 bits per heavy atom. The van der Waals surface area contributed by atoms with Gasteiger partial charge in [0.25, 0.3) is 0 Å². The van der Waals surface area contributed by atoms with Gasteiger partial charge in [-0.2, -0.15) is 0 Å². The van der Waals surface area contributed by atoms with E-state index in [1.54, 1.807) is 6.07 Å². The van der Waals surface area contributed by atoms with Crippen molar-refractivity contribution in [2.75, 3.05) is 19.0 Å². The number of Topliss-reactive ketones (excluding diaryl/α,β-unsaturated/α-hetero) is 1. The van der Waals surface area contributed by atoms with Gasteiger partial charge in [-0.15, -0.1) is 0 Å². The Kier molecular flexibility index (Phi) is 4.35. The van der Waals surface area contributed by atoms with Crippen LogP contribution in [-0.4, -0.2) is 19.4 Å². The number of aryl methyl sites for hydroxylation is 1. The van der Waals surface area contributed by atoms with E-state index in [-0.39, 0.29) is 18.1 Å². The van der Waals surface area contributed by atoms with Gasteiger partial charge >= 0.3 is 0 Å². The van der Waals surface area contributed by atoms with E-state index in [0.717, 1.165) is 11.3 Å². The molecule has 0 heterocycles. The molecular weight excluding hydrogens is 257 g/mol. The SMILES string of the molecule is COc1ccc(C(=O)CNc2ccccc2C)cc1F. The van der Waals surface area contributed by atoms with Crippen LogP contribution in [0.15, 0.2) is 42.5 Å². The molecule has 0 aliphatic carbocycles. The van der Waals surface area contributed by atoms with E-state index in [9.17, 15) is 9.18 Å². The van der Waals surface area contributed by atoms with Crippen molar-refractivity contribution in [3.05, 3.63) is 59.4 Å². The van der Waals surface area contributed by atoms with Gasteiger partial charge in [0.15, 0.2) is 17.3 Å². The Balaban J connectivity index is 2.05. The first-order chi connectivity index (χ1) is 9.61. The predicted octanol–water partition coefficient (Wildman–Crippen LogP) is 3.44. The summed E-state index contributed by atoms with van der Waals surface area (Å²) in [6, 6.07) is 11.9. The molecule has 0 fully saturated rings. The van der Waals surface area contributed by atoms with Crippen LogP contribution in [0.5, 0.6) is 5.75 Å². The molecule has 0 unspecified atom stereocenters. The molecule has 0 aromatic heterocycles. The standard InChI is InChI=1S/C16H16FNO2/c1-11-5-3-4-6-14(11)18-10-15(19)12-7-8-16(20-2)13(17)9-12/h3-9,18H,10H2,1-2H3. The van der Waals surface area contributed by atoms with Crippen LogP contribution >= 0.6 is 0 Å². The van der Waals surface area contributed by atoms with E-state index in [1.165, 1.54) is 19.2 Å². The summed E-state index contributed by atoms with van der Waals surface area (Å²) in [7, 11) is 1.39. The summed E-state index contributed by atoms with van der Waals surface area (Å²) in [4.78, 5) is 12.0. The first kappa shape index (κ1) is 14.1. The van der Waals surface area contributed by atoms with Crippen LogP contribution in [0.3, 0.4) is 0 Å². The Morgan fingerprint density at radius 2 is 2.00 bits per heavy atom. The van der Waals surface area contributed by atoms with Crippen LogP contribution < -0.4 is 10.1 Å². The fourth-order valence-electron chi connectivity index (χ4n) is 1.89. The number of ether oxygens (including phenoxy) is 1. The van der Waals surface area contributed by atoms with Crippen molar-refractivity contribution >= 4 is 11.5 Å². The van der Waals surface area contributed by atoms with Crippen LogP contribution in [0, 0.1) is 12.7 Å². The minimum atomic E-state index is -0.533. The highest BCUT2D eigenvalue weighted by Gasteiger charge is 2.10. The molecule has 3 nitrogen and oxygen atoms in total. The number of methoxy groups -OCH3 is 1. The Morgan fingerprint density at radius 1 is 1.25 bits per heavy atom. The minimum absolute atomic E-state index is 0.122. The molecule has 0 spiro atoms. The molecule has 2 rings (SSSR count). The van der Waals surface area contributed by atoms with E-state index in [2.05, 4.69) is 5.32 Å². The van der Waals surface area contributed by atoms with E-state index in [4.69, 9.17) is 4.74 Å². The van der Waals surface area contributed by atoms with Crippen molar-refractivity contribution in [2.45, 2.75) is 6.92 Å². The summed E-state index contributed by atoms with van der Waals surface area (Å²) in [5.41, 5.74) is 2.28. The average molecular weight is 273 g/mol. The third kappa shape index (κ3) is 3.15. The first-order valence-corrected chi connectivity index (χ1v) is 6.28. The topological polar surface area (TPSA) is 38.3 Å². The number of benzene rings is 2. The summed E-state index contributed by atoms with van der Waals surface area (Å²) in [5.74, 6) is -0.572. The van der Waals surface area contributed by atoms with E-state index in [0.29, 0.717) is 5.56 Å². The van der Waals surface area contributed by atoms with Crippen molar-refractivity contribution in [1.82, 2.24) is 0 Å². The maximum atomic E-state index is 13.5. The smallest absolute Gasteiger partial charge is 0.181 e. The highest BCUT2D eigenvalue weighted by atomic mass is 19.1. The third-order valence-corrected chi connectivity index (χ3v) is 3.06. The summed E-state index contributed by atoms with van der Waals surface area (Å²) in [6.45, 7) is 2.08. The molecule has 1 N–H and O–H groups in total. The van der Waals surface area contributed by atoms with Gasteiger partial charge in [0, 0.05) is 11.3 Å². The number of halogens is 1. The second kappa shape index (κ2) is 6.19. The molecule has 4 heteroatoms. The first-order valence-electron chi connectivity index (χ1n) is 6.28. The molecule has 0 aliphatic rings. The second-order valence-corrected chi connectivity index (χ2v) is 4.44. The molecule has 2 aromatic carbocycles. The van der Waals surface area contributed by atoms with E-state index in [1.807, 2.05) is 31.2 Å². The normalized spacial score (nSPS) is 10.2. The summed E-state index contributed by atoms with van der Waals surface area (Å²) < 4.78 is 18.4. The number of hydrogen-bond donors (Lipinski definition) is 1. The molecule has 2 aromatic rings. The summed E-state index contributed by atoms with van der Waals surface area (Å²) in [5, 5.41) is 3.06. The Labute approximate surface area is 117 Å². The molecule has 0 aliphatic heterocycles. The minimum Gasteiger partial charge on any atom is -0.494 e. The van der Waals surface area contributed by atoms with Gasteiger partial charge in [-0.1, -0.05) is 18.2 Å². The number of para-hydroxylation sites is 1. The van der Waals surface area contributed by atoms with Crippen LogP contribution in [0.1, 0.15) is 15.9 Å². The molecule has 20 heavy (non-hydrogen) atoms. The fourth-order valence-corrected chi connectivity index (χ4v) is 1.89. The fraction of sp³-hybridized carbons (Fsp3) is 0.188. The third-order valence-electron chi connectivity index (χ3n) is 3.06. The predicted molar refractivity (Wildman–Crippen MR) is 77.0 cm³/mol. The van der Waals surface area contributed by atoms with Crippen molar-refractivity contribution < 1.29 is 13.9 Å². The lowest BCUT2D eigenvalue weighted by Crippen LogP contribution is -2.14. The number of hydrogen-bond acceptors (Lipinski definition) is 3. The summed E-state index contributed by atoms with van der Waals surface area (Å²) >= 11 is 0. The highest BCUT2D eigenvalue weighted by Crippen LogP contribution is 2.18. The lowest BCUT2D eigenvalue weighted by atomic mass is 10.1. The number of ketones is 1. The molecule has 0 saturated heterocycles. The monoisotopic (exact) mass is 273 g/mol. The number of rotatable bonds is 5. The lowest BCUT2D eigenvalue weighted by molar-refractivity contribution is 0.101. The maximum Gasteiger partial charge on any atom is 0.181 e. The van der Waals surface area contributed by atoms with Crippen molar-refractivity contribution in [3.8, 4) is 5.75 Å². The average Bonchev–Trinajstić information content (AvgIpc) is 2.46. The highest BCUT2D eigenvalue weighted by molar-refractivity contribution is 5.99. The van der Waals surface area contributed by atoms with Crippen LogP contribution in [-0.2, 0) is 0 Å². The number of carbonyl (C=O) groups is 1. The van der Waals surface area contributed by atoms with Crippen molar-refractivity contribution in [2.24, 2.45) is 0 Å². The van der Waals surface area contributed by atoms with Crippen LogP contribution in [0.2, 0.25) is 0 Å². The number of nitrogens with one attached hydrogen (secondary N) is 1. The van der Waals surface area contributed by atoms with E-state index < -0.39 is 5.82 Å². The molecular formula is C16H16FNO2. The second-order valence-electron chi connectivity index (χ2n) is 4.44. The van der Waals surface area contributed by atoms with Gasteiger partial charge in [-0.3, -0.25) is 4.79 Å². The van der Waals surface area contributed by atoms with Gasteiger partial charge in [-0.25, -0.2) is 4.39 Å². The zero-order valence-electron chi connectivity index (χ0n) is 11.4. The molecule has 0 amide bonds. The van der Waals surface area contributed by atoms with Gasteiger partial charge in [0.1, 0.15) is 0 Å². The van der Waals surface area contributed by atoms with Gasteiger partial charge in [-0.05, 0) is 36.8 Å². The number of carbonyl (C=O) groups excluding carboxylic acids is 1. The zero-order valence-corrected chi connectivity index (χ0v) is 11.4. The Hall–Kier alpha value is -2.36. The van der Waals surface area contributed by atoms with E-state index >= 15 is 0 Å². The number of anilines is 1. The molecule has 0 atom stereocenters. The molecule has 0 radical (unpaired) electrons. The molecule has 0 bridgehead atoms. The van der Waals surface area contributed by atoms with Crippen LogP contribution in [0.4, 0.5) is 10.1 Å². The molecule has 104 valence electrons. The van der Waals surface area contributed by atoms with Gasteiger partial charge < -0.3 is 10.1 Å². The molecule has 0 saturated carbocycles. The van der Waals surface area contributed by atoms with Gasteiger partial charge in [0.05, 0.1) is 13.7 Å². The Bertz CT molecular complexity index is 626. The zero-order chi connectivity index (χ0) is 14.5. The van der Waals surface area contributed by atoms with Crippen molar-refractivity contribution in [1.29, 1.82) is 0 Å². The van der Waals surface area contributed by atoms with Crippen molar-refractivity contribution in [3.63, 3.8) is 0 Å². The quantitative estimate of drug-likeness (QED) is 0.848. The summed E-state index contributed by atoms with van der Waals surface area (Å²) in [6.07, 6.45) is 0. The maximum absolute atomic E-state index is 13.5. The lowest BCUT2D eigenvalue weighted by Gasteiger charge is -2.09. The largest absolute Gasteiger partial charge is 0.494 e.